The molecule has 1 saturated heterocycles. The van der Waals surface area contributed by atoms with Crippen LogP contribution >= 0.6 is 39.0 Å². The molecular weight excluding hydrogens is 648 g/mol. The van der Waals surface area contributed by atoms with E-state index in [1.165, 1.54) is 21.2 Å². The van der Waals surface area contributed by atoms with Gasteiger partial charge in [0.1, 0.15) is 11.8 Å². The van der Waals surface area contributed by atoms with Crippen molar-refractivity contribution in [3.8, 4) is 0 Å². The third-order valence-corrected chi connectivity index (χ3v) is 11.0. The zero-order valence-electron chi connectivity index (χ0n) is 23.5. The molecular formula is C32H29BrN4O4S2. The number of benzene rings is 3. The van der Waals surface area contributed by atoms with Gasteiger partial charge in [-0.3, -0.25) is 23.7 Å². The molecule has 4 aromatic rings. The second-order valence-corrected chi connectivity index (χ2v) is 13.4. The monoisotopic (exact) mass is 676 g/mol. The van der Waals surface area contributed by atoms with Gasteiger partial charge in [-0.05, 0) is 67.9 Å². The first-order chi connectivity index (χ1) is 20.8. The highest BCUT2D eigenvalue weighted by atomic mass is 79.9. The molecule has 8 nitrogen and oxygen atoms in total. The van der Waals surface area contributed by atoms with Crippen LogP contribution in [0.3, 0.4) is 0 Å². The zero-order chi connectivity index (χ0) is 30.2. The summed E-state index contributed by atoms with van der Waals surface area (Å²) in [6.07, 6.45) is 0. The molecule has 1 fully saturated rings. The van der Waals surface area contributed by atoms with Crippen LogP contribution < -0.4 is 20.0 Å². The summed E-state index contributed by atoms with van der Waals surface area (Å²) in [6.45, 7) is 5.71. The molecule has 0 bridgehead atoms. The summed E-state index contributed by atoms with van der Waals surface area (Å²) in [5.74, 6) is -2.17. The van der Waals surface area contributed by atoms with Crippen LogP contribution in [0.2, 0.25) is 0 Å². The van der Waals surface area contributed by atoms with Crippen molar-refractivity contribution < 1.29 is 14.4 Å². The highest BCUT2D eigenvalue weighted by Crippen LogP contribution is 2.54. The van der Waals surface area contributed by atoms with E-state index in [0.717, 1.165) is 40.1 Å². The van der Waals surface area contributed by atoms with E-state index in [1.54, 1.807) is 36.4 Å². The van der Waals surface area contributed by atoms with Crippen LogP contribution in [0.1, 0.15) is 30.2 Å². The first kappa shape index (κ1) is 29.4. The number of thiazole rings is 1. The summed E-state index contributed by atoms with van der Waals surface area (Å²) >= 11 is 5.68. The number of hydrogen-bond donors (Lipinski definition) is 1. The Morgan fingerprint density at radius 1 is 0.907 bits per heavy atom. The lowest BCUT2D eigenvalue weighted by molar-refractivity contribution is -0.122. The predicted molar refractivity (Wildman–Crippen MR) is 175 cm³/mol. The number of thioether (sulfide) groups is 1. The number of fused-ring (bicyclic) bond motifs is 2. The summed E-state index contributed by atoms with van der Waals surface area (Å²) in [4.78, 5) is 58.3. The Bertz CT molecular complexity index is 1730. The van der Waals surface area contributed by atoms with Gasteiger partial charge in [-0.2, -0.15) is 0 Å². The Labute approximate surface area is 265 Å². The third kappa shape index (κ3) is 5.45. The van der Waals surface area contributed by atoms with Crippen LogP contribution in [0.25, 0.3) is 0 Å². The van der Waals surface area contributed by atoms with E-state index in [1.807, 2.05) is 42.5 Å². The summed E-state index contributed by atoms with van der Waals surface area (Å²) in [7, 11) is 0. The molecule has 2 aliphatic rings. The van der Waals surface area contributed by atoms with E-state index in [4.69, 9.17) is 0 Å². The molecule has 220 valence electrons. The molecule has 1 aromatic heterocycles. The molecule has 43 heavy (non-hydrogen) atoms. The van der Waals surface area contributed by atoms with Gasteiger partial charge in [-0.15, -0.1) is 0 Å². The minimum absolute atomic E-state index is 0.198. The normalized spacial score (nSPS) is 19.2. The Kier molecular flexibility index (Phi) is 8.30. The van der Waals surface area contributed by atoms with Gasteiger partial charge >= 0.3 is 4.87 Å². The van der Waals surface area contributed by atoms with Crippen LogP contribution in [0.15, 0.2) is 93.2 Å². The summed E-state index contributed by atoms with van der Waals surface area (Å²) < 4.78 is 2.28. The van der Waals surface area contributed by atoms with Crippen molar-refractivity contribution >= 4 is 73.8 Å². The molecule has 2 aliphatic heterocycles. The number of aromatic nitrogens is 1. The molecule has 0 saturated carbocycles. The molecule has 1 N–H and O–H groups in total. The Hall–Kier alpha value is -3.67. The maximum atomic E-state index is 14.1. The molecule has 11 heteroatoms. The molecule has 3 amide bonds. The van der Waals surface area contributed by atoms with Crippen molar-refractivity contribution in [2.24, 2.45) is 5.92 Å². The number of hydrogen-bond acceptors (Lipinski definition) is 7. The molecule has 3 atom stereocenters. The van der Waals surface area contributed by atoms with E-state index in [0.29, 0.717) is 21.3 Å². The van der Waals surface area contributed by atoms with Gasteiger partial charge in [0.05, 0.1) is 16.6 Å². The first-order valence-electron chi connectivity index (χ1n) is 14.0. The van der Waals surface area contributed by atoms with Crippen LogP contribution in [0.5, 0.6) is 0 Å². The van der Waals surface area contributed by atoms with Crippen LogP contribution in [-0.2, 0) is 20.9 Å². The molecule has 0 unspecified atom stereocenters. The number of rotatable bonds is 8. The van der Waals surface area contributed by atoms with Gasteiger partial charge in [0.25, 0.3) is 0 Å². The lowest BCUT2D eigenvalue weighted by Gasteiger charge is -2.31. The van der Waals surface area contributed by atoms with Crippen molar-refractivity contribution in [3.63, 3.8) is 0 Å². The van der Waals surface area contributed by atoms with E-state index >= 15 is 0 Å². The second kappa shape index (κ2) is 12.1. The number of para-hydroxylation sites is 1. The smallest absolute Gasteiger partial charge is 0.308 e. The highest BCUT2D eigenvalue weighted by molar-refractivity contribution is 9.10. The van der Waals surface area contributed by atoms with Crippen molar-refractivity contribution in [1.29, 1.82) is 0 Å². The highest BCUT2D eigenvalue weighted by Gasteiger charge is 2.56. The van der Waals surface area contributed by atoms with Gasteiger partial charge in [0.15, 0.2) is 0 Å². The number of nitrogens with zero attached hydrogens (tertiary/aromatic N) is 3. The zero-order valence-corrected chi connectivity index (χ0v) is 26.7. The molecule has 3 heterocycles. The van der Waals surface area contributed by atoms with Gasteiger partial charge in [0.2, 0.25) is 17.7 Å². The van der Waals surface area contributed by atoms with Gasteiger partial charge < -0.3 is 10.2 Å². The van der Waals surface area contributed by atoms with Crippen molar-refractivity contribution in [2.45, 2.75) is 36.6 Å². The SMILES string of the molecule is CCN(CC)c1ccc([C@@H]2c3sc(=O)n(CC(=O)Nc4ccccc4)c3S[C@H]3C(=O)N(c4ccc(Br)cc4)C(=O)[C@@H]23)cc1. The standard InChI is InChI=1S/C32H29BrN4O4S2/c1-3-35(4-2)22-14-10-19(11-15-22)25-26-27(30(40)37(29(26)39)23-16-12-20(33)13-17-23)42-31-28(25)43-32(41)36(31)18-24(38)34-21-8-6-5-7-9-21/h5-17,25-27H,3-4,18H2,1-2H3,(H,34,38)/t25-,26-,27+/m0/s1. The fourth-order valence-electron chi connectivity index (χ4n) is 5.81. The number of carbonyl (C=O) groups is 3. The number of anilines is 3. The molecule has 3 aromatic carbocycles. The maximum absolute atomic E-state index is 14.1. The van der Waals surface area contributed by atoms with Gasteiger partial charge in [0, 0.05) is 39.7 Å². The van der Waals surface area contributed by atoms with Crippen molar-refractivity contribution in [1.82, 2.24) is 4.57 Å². The predicted octanol–water partition coefficient (Wildman–Crippen LogP) is 5.95. The van der Waals surface area contributed by atoms with Crippen molar-refractivity contribution in [2.75, 3.05) is 28.2 Å². The molecule has 0 aliphatic carbocycles. The summed E-state index contributed by atoms with van der Waals surface area (Å²) in [5.41, 5.74) is 3.05. The van der Waals surface area contributed by atoms with E-state index in [9.17, 15) is 19.2 Å². The average Bonchev–Trinajstić information content (AvgIpc) is 3.45. The van der Waals surface area contributed by atoms with E-state index < -0.39 is 17.1 Å². The number of halogens is 1. The fraction of sp³-hybridized carbons (Fsp3) is 0.250. The lowest BCUT2D eigenvalue weighted by atomic mass is 9.83. The number of imide groups is 1. The first-order valence-corrected chi connectivity index (χ1v) is 16.5. The Morgan fingerprint density at radius 2 is 1.58 bits per heavy atom. The molecule has 0 radical (unpaired) electrons. The maximum Gasteiger partial charge on any atom is 0.308 e. The molecule has 6 rings (SSSR count). The van der Waals surface area contributed by atoms with Gasteiger partial charge in [-0.25, -0.2) is 4.90 Å². The quantitative estimate of drug-likeness (QED) is 0.232. The Balaban J connectivity index is 1.42. The minimum Gasteiger partial charge on any atom is -0.372 e. The number of nitrogens with one attached hydrogen (secondary N) is 1. The second-order valence-electron chi connectivity index (χ2n) is 10.3. The van der Waals surface area contributed by atoms with Crippen LogP contribution in [0, 0.1) is 5.92 Å². The minimum atomic E-state index is -0.742. The van der Waals surface area contributed by atoms with Crippen LogP contribution in [-0.4, -0.2) is 40.6 Å². The van der Waals surface area contributed by atoms with Crippen LogP contribution in [0.4, 0.5) is 17.1 Å². The average molecular weight is 678 g/mol. The number of carbonyl (C=O) groups excluding carboxylic acids is 3. The van der Waals surface area contributed by atoms with E-state index in [2.05, 4.69) is 40.0 Å². The van der Waals surface area contributed by atoms with Gasteiger partial charge in [-0.1, -0.05) is 69.4 Å². The van der Waals surface area contributed by atoms with E-state index in [-0.39, 0.29) is 29.1 Å². The van der Waals surface area contributed by atoms with Crippen molar-refractivity contribution in [3.05, 3.63) is 103 Å². The number of amides is 3. The topological polar surface area (TPSA) is 91.7 Å². The third-order valence-electron chi connectivity index (χ3n) is 7.87. The summed E-state index contributed by atoms with van der Waals surface area (Å²) in [6, 6.07) is 24.2. The Morgan fingerprint density at radius 3 is 2.23 bits per heavy atom. The molecule has 0 spiro atoms. The lowest BCUT2D eigenvalue weighted by Crippen LogP contribution is -2.33. The largest absolute Gasteiger partial charge is 0.372 e. The fourth-order valence-corrected chi connectivity index (χ4v) is 8.84. The summed E-state index contributed by atoms with van der Waals surface area (Å²) in [5, 5.41) is 2.66.